The van der Waals surface area contributed by atoms with E-state index in [4.69, 9.17) is 53.2 Å². The SMILES string of the molecule is N=C(N)N.NC(=O)O.NC(N)=O.NC(N)=O.NC(N)=S.O=C(O)O.O=S(O)O. The van der Waals surface area contributed by atoms with Gasteiger partial charge in [-0.15, -0.1) is 0 Å². The number of hydrogen-bond donors (Lipinski definition) is 15. The highest BCUT2D eigenvalue weighted by molar-refractivity contribution is 7.80. The van der Waals surface area contributed by atoms with Gasteiger partial charge in [0.2, 0.25) is 0 Å². The molecule has 20 nitrogen and oxygen atoms in total. The molecule has 28 heavy (non-hydrogen) atoms. The second kappa shape index (κ2) is 38.6. The van der Waals surface area contributed by atoms with Crippen LogP contribution in [0.5, 0.6) is 0 Å². The van der Waals surface area contributed by atoms with Crippen LogP contribution in [0.1, 0.15) is 0 Å². The minimum absolute atomic E-state index is 0.000000000000000222. The second-order valence-electron chi connectivity index (χ2n) is 2.51. The summed E-state index contributed by atoms with van der Waals surface area (Å²) in [6.45, 7) is 0. The summed E-state index contributed by atoms with van der Waals surface area (Å²) in [5.41, 5.74) is 39.2. The first kappa shape index (κ1) is 44.0. The molecule has 24 N–H and O–H groups in total. The van der Waals surface area contributed by atoms with Gasteiger partial charge < -0.3 is 66.9 Å². The number of carbonyl (C=O) groups excluding carboxylic acids is 2. The lowest BCUT2D eigenvalue weighted by Gasteiger charge is -1.69. The van der Waals surface area contributed by atoms with Gasteiger partial charge in [0.05, 0.1) is 0 Å². The van der Waals surface area contributed by atoms with Gasteiger partial charge in [-0.05, 0) is 12.2 Å². The fraction of sp³-hybridized carbons (Fsp3) is 0. The minimum Gasteiger partial charge on any atom is -0.465 e. The number of urea groups is 2. The summed E-state index contributed by atoms with van der Waals surface area (Å²) in [5.74, 6) is -0.333. The Morgan fingerprint density at radius 1 is 0.714 bits per heavy atom. The van der Waals surface area contributed by atoms with Gasteiger partial charge in [-0.25, -0.2) is 19.2 Å². The van der Waals surface area contributed by atoms with Crippen LogP contribution in [-0.4, -0.2) is 64.0 Å². The molecular formula is C6H24N10O10S2. The van der Waals surface area contributed by atoms with Crippen LogP contribution in [0.3, 0.4) is 0 Å². The molecule has 0 aromatic heterocycles. The molecule has 0 saturated heterocycles. The number of amides is 5. The molecule has 0 atom stereocenters. The van der Waals surface area contributed by atoms with E-state index < -0.39 is 35.7 Å². The molecule has 0 aromatic carbocycles. The van der Waals surface area contributed by atoms with E-state index in [-0.39, 0.29) is 11.1 Å². The maximum Gasteiger partial charge on any atom is 0.503 e. The first-order chi connectivity index (χ1) is 12.1. The van der Waals surface area contributed by atoms with Crippen molar-refractivity contribution in [1.82, 2.24) is 0 Å². The van der Waals surface area contributed by atoms with E-state index in [9.17, 15) is 0 Å². The molecule has 0 unspecified atom stereocenters. The van der Waals surface area contributed by atoms with Crippen molar-refractivity contribution in [2.75, 3.05) is 0 Å². The first-order valence-electron chi connectivity index (χ1n) is 5.07. The third-order valence-electron chi connectivity index (χ3n) is 0. The fourth-order valence-electron chi connectivity index (χ4n) is 0. The molecule has 0 spiro atoms. The minimum atomic E-state index is -2.61. The zero-order chi connectivity index (χ0) is 25.0. The summed E-state index contributed by atoms with van der Waals surface area (Å²) in [4.78, 5) is 35.3. The van der Waals surface area contributed by atoms with Gasteiger partial charge in [-0.3, -0.25) is 14.5 Å². The molecule has 0 aromatic rings. The summed E-state index contributed by atoms with van der Waals surface area (Å²) in [6, 6.07) is -1.67. The van der Waals surface area contributed by atoms with Crippen molar-refractivity contribution in [1.29, 1.82) is 5.41 Å². The lowest BCUT2D eigenvalue weighted by Crippen LogP contribution is -2.20. The molecule has 0 radical (unpaired) electrons. The van der Waals surface area contributed by atoms with Gasteiger partial charge in [-0.1, -0.05) is 0 Å². The van der Waals surface area contributed by atoms with E-state index in [1.165, 1.54) is 0 Å². The summed E-state index contributed by atoms with van der Waals surface area (Å²) >= 11 is 1.48. The Balaban J connectivity index is -0.0000000367. The van der Waals surface area contributed by atoms with Gasteiger partial charge in [-0.2, -0.15) is 4.21 Å². The Bertz CT molecular complexity index is 330. The van der Waals surface area contributed by atoms with Crippen molar-refractivity contribution in [2.24, 2.45) is 51.6 Å². The predicted molar refractivity (Wildman–Crippen MR) is 101 cm³/mol. The van der Waals surface area contributed by atoms with Gasteiger partial charge in [0.25, 0.3) is 11.4 Å². The number of primary amides is 5. The lowest BCUT2D eigenvalue weighted by molar-refractivity contribution is 0.136. The molecule has 5 amide bonds. The lowest BCUT2D eigenvalue weighted by atomic mass is 11.1. The summed E-state index contributed by atoms with van der Waals surface area (Å²) in [7, 11) is 0. The topological polar surface area (TPSA) is 445 Å². The Kier molecular flexibility index (Phi) is 60.6. The smallest absolute Gasteiger partial charge is 0.465 e. The number of carbonyl (C=O) groups is 4. The van der Waals surface area contributed by atoms with Crippen molar-refractivity contribution in [2.45, 2.75) is 0 Å². The molecule has 0 bridgehead atoms. The van der Waals surface area contributed by atoms with Crippen LogP contribution in [0.2, 0.25) is 0 Å². The molecular weight excluding hydrogens is 436 g/mol. The van der Waals surface area contributed by atoms with E-state index in [1.807, 2.05) is 0 Å². The molecule has 22 heteroatoms. The van der Waals surface area contributed by atoms with Crippen molar-refractivity contribution in [3.05, 3.63) is 0 Å². The summed E-state index contributed by atoms with van der Waals surface area (Å²) in [5, 5.41) is 27.2. The summed E-state index contributed by atoms with van der Waals surface area (Å²) in [6.07, 6.45) is -3.17. The highest BCUT2D eigenvalue weighted by Gasteiger charge is 1.70. The molecule has 0 aliphatic carbocycles. The number of rotatable bonds is 0. The van der Waals surface area contributed by atoms with Gasteiger partial charge >= 0.3 is 24.3 Å². The van der Waals surface area contributed by atoms with Gasteiger partial charge in [0, 0.05) is 0 Å². The van der Waals surface area contributed by atoms with Crippen LogP contribution < -0.4 is 51.6 Å². The normalized spacial score (nSPS) is 6.39. The van der Waals surface area contributed by atoms with Crippen LogP contribution in [0, 0.1) is 5.41 Å². The van der Waals surface area contributed by atoms with Crippen LogP contribution in [-0.2, 0) is 11.4 Å². The van der Waals surface area contributed by atoms with E-state index in [2.05, 4.69) is 63.8 Å². The maximum atomic E-state index is 9.00. The van der Waals surface area contributed by atoms with E-state index in [0.717, 1.165) is 0 Å². The molecule has 0 fully saturated rings. The summed E-state index contributed by atoms with van der Waals surface area (Å²) < 4.78 is 22.8. The zero-order valence-corrected chi connectivity index (χ0v) is 15.4. The average Bonchev–Trinajstić information content (AvgIpc) is 2.20. The Hall–Kier alpha value is -3.89. The Labute approximate surface area is 164 Å². The van der Waals surface area contributed by atoms with Crippen molar-refractivity contribution in [3.63, 3.8) is 0 Å². The monoisotopic (exact) mass is 460 g/mol. The highest BCUT2D eigenvalue weighted by Crippen LogP contribution is 1.44. The number of nitrogens with one attached hydrogen (secondary N) is 1. The predicted octanol–water partition coefficient (Wildman–Crippen LogP) is -4.40. The zero-order valence-electron chi connectivity index (χ0n) is 13.8. The molecule has 170 valence electrons. The third kappa shape index (κ3) is 651. The molecule has 0 heterocycles. The number of hydrogen-bond acceptors (Lipinski definition) is 7. The number of thiocarbonyl (C=S) groups is 1. The number of guanidine groups is 1. The Morgan fingerprint density at radius 2 is 0.714 bits per heavy atom. The average molecular weight is 460 g/mol. The van der Waals surface area contributed by atoms with Gasteiger partial charge in [0.15, 0.2) is 11.1 Å². The molecule has 0 saturated carbocycles. The van der Waals surface area contributed by atoms with Crippen LogP contribution in [0.15, 0.2) is 0 Å². The largest absolute Gasteiger partial charge is 0.503 e. The van der Waals surface area contributed by atoms with E-state index >= 15 is 0 Å². The number of nitrogens with two attached hydrogens (primary N) is 9. The fourth-order valence-corrected chi connectivity index (χ4v) is 0. The van der Waals surface area contributed by atoms with Crippen molar-refractivity contribution < 1.29 is 47.8 Å². The maximum absolute atomic E-state index is 9.00. The molecule has 0 aliphatic rings. The highest BCUT2D eigenvalue weighted by atomic mass is 32.2. The van der Waals surface area contributed by atoms with Crippen LogP contribution in [0.25, 0.3) is 0 Å². The van der Waals surface area contributed by atoms with Crippen LogP contribution in [0.4, 0.5) is 19.2 Å². The standard InChI is InChI=1S/CH5N3.2CH4N2O.CH4N2S.CH3NO2.CH2O3.H2O3S/c6*2-1(3)4;1-4(2)3/h(H5,2,3,4);3*(H4,2,3,4);2H2,(H,3,4);(H2,2,3,4);(H2,1,2,3). The third-order valence-corrected chi connectivity index (χ3v) is 0. The van der Waals surface area contributed by atoms with E-state index in [0.29, 0.717) is 0 Å². The molecule has 0 rings (SSSR count). The van der Waals surface area contributed by atoms with Crippen molar-refractivity contribution >= 4 is 59.0 Å². The van der Waals surface area contributed by atoms with Crippen LogP contribution >= 0.6 is 12.2 Å². The van der Waals surface area contributed by atoms with Gasteiger partial charge in [0.1, 0.15) is 0 Å². The second-order valence-corrected chi connectivity index (χ2v) is 3.45. The van der Waals surface area contributed by atoms with Crippen molar-refractivity contribution in [3.8, 4) is 0 Å². The number of carboxylic acid groups (broad SMARTS) is 3. The molecule has 0 aliphatic heterocycles. The quantitative estimate of drug-likeness (QED) is 0.0701. The Morgan fingerprint density at radius 3 is 0.714 bits per heavy atom. The van der Waals surface area contributed by atoms with E-state index in [1.54, 1.807) is 0 Å². The first-order valence-corrected chi connectivity index (χ1v) is 6.54.